The molecular formula is C53H33N3O. The van der Waals surface area contributed by atoms with E-state index in [-0.39, 0.29) is 0 Å². The molecule has 0 aliphatic rings. The van der Waals surface area contributed by atoms with E-state index in [1.54, 1.807) is 0 Å². The molecule has 4 nitrogen and oxygen atoms in total. The van der Waals surface area contributed by atoms with Crippen LogP contribution in [0.4, 0.5) is 0 Å². The van der Waals surface area contributed by atoms with Crippen LogP contribution in [0.25, 0.3) is 111 Å². The molecule has 2 heterocycles. The van der Waals surface area contributed by atoms with E-state index in [1.807, 2.05) is 18.2 Å². The highest BCUT2D eigenvalue weighted by Gasteiger charge is 2.16. The van der Waals surface area contributed by atoms with Crippen molar-refractivity contribution in [3.05, 3.63) is 200 Å². The number of para-hydroxylation sites is 2. The maximum atomic E-state index is 6.36. The number of hydrogen-bond acceptors (Lipinski definition) is 4. The quantitative estimate of drug-likeness (QED) is 0.160. The fraction of sp³-hybridized carbons (Fsp3) is 0. The summed E-state index contributed by atoms with van der Waals surface area (Å²) in [5, 5.41) is 7.19. The SMILES string of the molecule is c1ccc(-c2ccc(-c3nc(-c4ccc(-c5cc6ccccc6c6ccccc56)cc4)nc(-c4ccc(-c5cccc6c5oc5ccccc56)cc4)n3)cc2)cc1. The van der Waals surface area contributed by atoms with Crippen LogP contribution >= 0.6 is 0 Å². The second-order valence-corrected chi connectivity index (χ2v) is 14.4. The third kappa shape index (κ3) is 5.83. The van der Waals surface area contributed by atoms with Crippen LogP contribution in [0.1, 0.15) is 0 Å². The lowest BCUT2D eigenvalue weighted by Crippen LogP contribution is -2.00. The molecule has 11 aromatic rings. The first kappa shape index (κ1) is 32.7. The van der Waals surface area contributed by atoms with E-state index >= 15 is 0 Å². The van der Waals surface area contributed by atoms with Crippen LogP contribution in [0, 0.1) is 0 Å². The van der Waals surface area contributed by atoms with Gasteiger partial charge in [0, 0.05) is 33.0 Å². The van der Waals surface area contributed by atoms with Crippen molar-refractivity contribution >= 4 is 43.5 Å². The topological polar surface area (TPSA) is 51.8 Å². The minimum Gasteiger partial charge on any atom is -0.455 e. The molecule has 0 bridgehead atoms. The molecule has 2 aromatic heterocycles. The zero-order valence-corrected chi connectivity index (χ0v) is 30.8. The molecule has 0 N–H and O–H groups in total. The Bertz CT molecular complexity index is 3260. The highest BCUT2D eigenvalue weighted by molar-refractivity contribution is 6.14. The van der Waals surface area contributed by atoms with Crippen LogP contribution in [-0.4, -0.2) is 15.0 Å². The molecule has 0 amide bonds. The molecule has 9 aromatic carbocycles. The lowest BCUT2D eigenvalue weighted by Gasteiger charge is -2.12. The van der Waals surface area contributed by atoms with Crippen LogP contribution in [0.3, 0.4) is 0 Å². The maximum absolute atomic E-state index is 6.36. The number of benzene rings is 9. The van der Waals surface area contributed by atoms with Gasteiger partial charge in [0.2, 0.25) is 0 Å². The molecule has 0 atom stereocenters. The van der Waals surface area contributed by atoms with Gasteiger partial charge in [0.1, 0.15) is 11.2 Å². The number of rotatable bonds is 6. The fourth-order valence-electron chi connectivity index (χ4n) is 8.07. The summed E-state index contributed by atoms with van der Waals surface area (Å²) in [5.41, 5.74) is 11.3. The lowest BCUT2D eigenvalue weighted by molar-refractivity contribution is 0.670. The van der Waals surface area contributed by atoms with Crippen LogP contribution in [0.5, 0.6) is 0 Å². The van der Waals surface area contributed by atoms with E-state index < -0.39 is 0 Å². The number of aromatic nitrogens is 3. The van der Waals surface area contributed by atoms with Crippen LogP contribution in [0.2, 0.25) is 0 Å². The maximum Gasteiger partial charge on any atom is 0.164 e. The van der Waals surface area contributed by atoms with Crippen molar-refractivity contribution in [1.29, 1.82) is 0 Å². The van der Waals surface area contributed by atoms with Gasteiger partial charge in [0.05, 0.1) is 0 Å². The van der Waals surface area contributed by atoms with Gasteiger partial charge in [0.15, 0.2) is 17.5 Å². The minimum absolute atomic E-state index is 0.611. The molecule has 57 heavy (non-hydrogen) atoms. The van der Waals surface area contributed by atoms with E-state index in [2.05, 4.69) is 182 Å². The van der Waals surface area contributed by atoms with Crippen molar-refractivity contribution in [3.8, 4) is 67.5 Å². The van der Waals surface area contributed by atoms with Crippen LogP contribution in [-0.2, 0) is 0 Å². The summed E-state index contributed by atoms with van der Waals surface area (Å²) in [4.78, 5) is 15.2. The third-order valence-electron chi connectivity index (χ3n) is 11.0. The molecule has 4 heteroatoms. The van der Waals surface area contributed by atoms with Crippen molar-refractivity contribution < 1.29 is 4.42 Å². The van der Waals surface area contributed by atoms with Crippen LogP contribution < -0.4 is 0 Å². The van der Waals surface area contributed by atoms with E-state index in [0.29, 0.717) is 17.5 Å². The summed E-state index contributed by atoms with van der Waals surface area (Å²) in [7, 11) is 0. The molecule has 266 valence electrons. The first-order valence-corrected chi connectivity index (χ1v) is 19.2. The van der Waals surface area contributed by atoms with Gasteiger partial charge in [-0.1, -0.05) is 188 Å². The largest absolute Gasteiger partial charge is 0.455 e. The van der Waals surface area contributed by atoms with Gasteiger partial charge in [-0.05, 0) is 61.5 Å². The first-order valence-electron chi connectivity index (χ1n) is 19.2. The van der Waals surface area contributed by atoms with E-state index in [9.17, 15) is 0 Å². The van der Waals surface area contributed by atoms with Gasteiger partial charge in [-0.3, -0.25) is 0 Å². The Labute approximate surface area is 329 Å². The summed E-state index contributed by atoms with van der Waals surface area (Å²) in [6.07, 6.45) is 0. The van der Waals surface area contributed by atoms with E-state index in [1.165, 1.54) is 32.7 Å². The number of furan rings is 1. The Morgan fingerprint density at radius 2 is 0.737 bits per heavy atom. The van der Waals surface area contributed by atoms with Crippen molar-refractivity contribution in [1.82, 2.24) is 15.0 Å². The van der Waals surface area contributed by atoms with Crippen molar-refractivity contribution in [2.75, 3.05) is 0 Å². The van der Waals surface area contributed by atoms with Crippen molar-refractivity contribution in [2.45, 2.75) is 0 Å². The van der Waals surface area contributed by atoms with Gasteiger partial charge < -0.3 is 4.42 Å². The van der Waals surface area contributed by atoms with Gasteiger partial charge in [-0.25, -0.2) is 15.0 Å². The molecule has 0 saturated heterocycles. The number of fused-ring (bicyclic) bond motifs is 6. The number of hydrogen-bond donors (Lipinski definition) is 0. The fourth-order valence-corrected chi connectivity index (χ4v) is 8.07. The second kappa shape index (κ2) is 13.6. The molecule has 0 fully saturated rings. The van der Waals surface area contributed by atoms with Gasteiger partial charge in [-0.2, -0.15) is 0 Å². The summed E-state index contributed by atoms with van der Waals surface area (Å²) in [6.45, 7) is 0. The van der Waals surface area contributed by atoms with Gasteiger partial charge >= 0.3 is 0 Å². The molecule has 0 saturated carbocycles. The summed E-state index contributed by atoms with van der Waals surface area (Å²) in [6, 6.07) is 69.9. The highest BCUT2D eigenvalue weighted by atomic mass is 16.3. The minimum atomic E-state index is 0.611. The average molecular weight is 728 g/mol. The van der Waals surface area contributed by atoms with E-state index in [0.717, 1.165) is 60.9 Å². The van der Waals surface area contributed by atoms with Gasteiger partial charge in [0.25, 0.3) is 0 Å². The smallest absolute Gasteiger partial charge is 0.164 e. The number of nitrogens with zero attached hydrogens (tertiary/aromatic N) is 3. The molecule has 0 radical (unpaired) electrons. The Hall–Kier alpha value is -7.69. The van der Waals surface area contributed by atoms with Crippen molar-refractivity contribution in [2.24, 2.45) is 0 Å². The van der Waals surface area contributed by atoms with Crippen LogP contribution in [0.15, 0.2) is 205 Å². The Kier molecular flexibility index (Phi) is 7.78. The zero-order chi connectivity index (χ0) is 37.7. The molecule has 0 unspecified atom stereocenters. The predicted molar refractivity (Wildman–Crippen MR) is 235 cm³/mol. The third-order valence-corrected chi connectivity index (χ3v) is 11.0. The second-order valence-electron chi connectivity index (χ2n) is 14.4. The lowest BCUT2D eigenvalue weighted by atomic mass is 9.93. The summed E-state index contributed by atoms with van der Waals surface area (Å²) >= 11 is 0. The molecule has 0 spiro atoms. The zero-order valence-electron chi connectivity index (χ0n) is 30.8. The standard InChI is InChI=1S/C53H33N3O/c1-2-11-34(12-3-1)35-21-27-38(28-22-35)51-54-52(39-29-23-36(24-30-39)43-18-10-19-47-46-17-8-9-20-49(46)57-50(43)47)56-53(55-51)40-31-25-37(26-32-40)48-33-41-13-4-5-14-42(41)44-15-6-7-16-45(44)48/h1-33H. The summed E-state index contributed by atoms with van der Waals surface area (Å²) in [5.74, 6) is 1.85. The summed E-state index contributed by atoms with van der Waals surface area (Å²) < 4.78 is 6.36. The predicted octanol–water partition coefficient (Wildman–Crippen LogP) is 14.1. The normalized spacial score (nSPS) is 11.5. The molecule has 0 aliphatic heterocycles. The average Bonchev–Trinajstić information content (AvgIpc) is 3.68. The molecule has 0 aliphatic carbocycles. The first-order chi connectivity index (χ1) is 28.2. The van der Waals surface area contributed by atoms with Gasteiger partial charge in [-0.15, -0.1) is 0 Å². The Morgan fingerprint density at radius 1 is 0.281 bits per heavy atom. The highest BCUT2D eigenvalue weighted by Crippen LogP contribution is 2.38. The molecular weight excluding hydrogens is 695 g/mol. The monoisotopic (exact) mass is 727 g/mol. The van der Waals surface area contributed by atoms with Crippen molar-refractivity contribution in [3.63, 3.8) is 0 Å². The Morgan fingerprint density at radius 3 is 1.39 bits per heavy atom. The molecule has 11 rings (SSSR count). The van der Waals surface area contributed by atoms with E-state index in [4.69, 9.17) is 19.4 Å². The Balaban J connectivity index is 1.00.